The van der Waals surface area contributed by atoms with Crippen molar-refractivity contribution < 1.29 is 18.7 Å². The van der Waals surface area contributed by atoms with E-state index in [1.807, 2.05) is 0 Å². The minimum atomic E-state index is -0.794. The molecule has 0 radical (unpaired) electrons. The third-order valence-electron chi connectivity index (χ3n) is 4.90. The second-order valence-electron chi connectivity index (χ2n) is 7.31. The minimum Gasteiger partial charge on any atom is -0.490 e. The summed E-state index contributed by atoms with van der Waals surface area (Å²) < 4.78 is 19.1. The van der Waals surface area contributed by atoms with E-state index in [1.165, 1.54) is 29.2 Å². The zero-order valence-corrected chi connectivity index (χ0v) is 17.6. The van der Waals surface area contributed by atoms with Crippen molar-refractivity contribution in [3.63, 3.8) is 0 Å². The van der Waals surface area contributed by atoms with Crippen LogP contribution in [0.15, 0.2) is 48.5 Å². The molecule has 1 fully saturated rings. The highest BCUT2D eigenvalue weighted by molar-refractivity contribution is 7.18. The maximum Gasteiger partial charge on any atom is 0.240 e. The third kappa shape index (κ3) is 4.51. The van der Waals surface area contributed by atoms with Crippen molar-refractivity contribution >= 4 is 39.7 Å². The first kappa shape index (κ1) is 20.8. The fraction of sp³-hybridized carbons (Fsp3) is 0.227. The zero-order valence-electron chi connectivity index (χ0n) is 16.7. The van der Waals surface area contributed by atoms with Gasteiger partial charge in [0.05, 0.1) is 6.10 Å². The van der Waals surface area contributed by atoms with Crippen molar-refractivity contribution in [1.82, 2.24) is 4.98 Å². The van der Waals surface area contributed by atoms with Crippen LogP contribution >= 0.6 is 11.3 Å². The van der Waals surface area contributed by atoms with Crippen molar-refractivity contribution in [3.8, 4) is 5.75 Å². The highest BCUT2D eigenvalue weighted by atomic mass is 32.1. The van der Waals surface area contributed by atoms with Gasteiger partial charge in [0.1, 0.15) is 28.3 Å². The topological polar surface area (TPSA) is 112 Å². The molecule has 0 bridgehead atoms. The van der Waals surface area contributed by atoms with Crippen LogP contribution < -0.4 is 21.1 Å². The Balaban J connectivity index is 1.64. The highest BCUT2D eigenvalue weighted by Crippen LogP contribution is 2.36. The number of ether oxygens (including phenoxy) is 1. The number of hydrogen-bond acceptors (Lipinski definition) is 7. The number of halogens is 1. The van der Waals surface area contributed by atoms with E-state index >= 15 is 0 Å². The fourth-order valence-electron chi connectivity index (χ4n) is 3.01. The average molecular weight is 441 g/mol. The Hall–Kier alpha value is -3.46. The number of ketones is 1. The van der Waals surface area contributed by atoms with Crippen LogP contribution in [0.25, 0.3) is 0 Å². The molecule has 1 heterocycles. The number of rotatable bonds is 8. The lowest BCUT2D eigenvalue weighted by Gasteiger charge is -2.26. The van der Waals surface area contributed by atoms with Crippen molar-refractivity contribution in [3.05, 3.63) is 64.8 Å². The smallest absolute Gasteiger partial charge is 0.240 e. The number of amides is 1. The highest BCUT2D eigenvalue weighted by Gasteiger charge is 2.28. The van der Waals surface area contributed by atoms with E-state index in [1.54, 1.807) is 31.2 Å². The maximum atomic E-state index is 13.4. The van der Waals surface area contributed by atoms with Gasteiger partial charge in [-0.2, -0.15) is 0 Å². The number of thiazole rings is 1. The fourth-order valence-corrected chi connectivity index (χ4v) is 4.06. The second-order valence-corrected chi connectivity index (χ2v) is 8.28. The molecule has 1 amide bonds. The largest absolute Gasteiger partial charge is 0.490 e. The monoisotopic (exact) mass is 440 g/mol. The van der Waals surface area contributed by atoms with E-state index in [4.69, 9.17) is 16.2 Å². The molecule has 0 aliphatic heterocycles. The molecule has 4 N–H and O–H groups in total. The molecule has 1 unspecified atom stereocenters. The normalized spacial score (nSPS) is 14.1. The summed E-state index contributed by atoms with van der Waals surface area (Å²) in [7, 11) is 0. The lowest BCUT2D eigenvalue weighted by Crippen LogP contribution is -2.39. The van der Waals surface area contributed by atoms with Crippen LogP contribution in [0.4, 0.5) is 21.0 Å². The van der Waals surface area contributed by atoms with Crippen LogP contribution in [0.3, 0.4) is 0 Å². The molecule has 1 saturated carbocycles. The number of nitrogens with two attached hydrogens (primary N) is 2. The molecule has 7 nitrogen and oxygen atoms in total. The quantitative estimate of drug-likeness (QED) is 0.517. The van der Waals surface area contributed by atoms with Gasteiger partial charge in [0.2, 0.25) is 11.7 Å². The van der Waals surface area contributed by atoms with Crippen molar-refractivity contribution in [1.29, 1.82) is 0 Å². The van der Waals surface area contributed by atoms with Gasteiger partial charge in [0, 0.05) is 11.3 Å². The molecule has 3 aromatic rings. The number of carbonyl (C=O) groups is 2. The summed E-state index contributed by atoms with van der Waals surface area (Å²) in [5.74, 6) is -0.539. The van der Waals surface area contributed by atoms with Gasteiger partial charge in [-0.1, -0.05) is 11.3 Å². The van der Waals surface area contributed by atoms with Crippen LogP contribution in [0.5, 0.6) is 5.75 Å². The molecule has 31 heavy (non-hydrogen) atoms. The molecule has 1 aliphatic rings. The van der Waals surface area contributed by atoms with Crippen LogP contribution in [0, 0.1) is 5.82 Å². The molecule has 9 heteroatoms. The summed E-state index contributed by atoms with van der Waals surface area (Å²) in [6, 6.07) is 11.6. The summed E-state index contributed by atoms with van der Waals surface area (Å²) in [4.78, 5) is 31.0. The summed E-state index contributed by atoms with van der Waals surface area (Å²) in [5.41, 5.74) is 12.5. The SMILES string of the molecule is CC(C(N)=O)N(c1ccc(F)cc1)c1nc(N)c(C(=O)c2ccc(OC3CC3)cc2)s1. The molecular formula is C22H21FN4O3S. The molecule has 2 aromatic carbocycles. The van der Waals surface area contributed by atoms with Gasteiger partial charge in [0.25, 0.3) is 0 Å². The molecule has 4 rings (SSSR count). The Labute approximate surface area is 182 Å². The number of anilines is 3. The first-order chi connectivity index (χ1) is 14.8. The minimum absolute atomic E-state index is 0.0482. The summed E-state index contributed by atoms with van der Waals surface area (Å²) in [6.07, 6.45) is 2.37. The van der Waals surface area contributed by atoms with E-state index in [0.717, 1.165) is 29.9 Å². The Kier molecular flexibility index (Phi) is 5.60. The summed E-state index contributed by atoms with van der Waals surface area (Å²) >= 11 is 1.05. The standard InChI is InChI=1S/C22H21FN4O3S/c1-12(21(25)29)27(15-6-4-14(23)5-7-15)22-26-20(24)19(31-22)18(28)13-2-8-16(9-3-13)30-17-10-11-17/h2-9,12,17H,10-11,24H2,1H3,(H2,25,29). The predicted molar refractivity (Wildman–Crippen MR) is 117 cm³/mol. The number of benzene rings is 2. The van der Waals surface area contributed by atoms with E-state index in [9.17, 15) is 14.0 Å². The Morgan fingerprint density at radius 2 is 1.81 bits per heavy atom. The van der Waals surface area contributed by atoms with Gasteiger partial charge in [-0.15, -0.1) is 0 Å². The van der Waals surface area contributed by atoms with E-state index < -0.39 is 17.8 Å². The lowest BCUT2D eigenvalue weighted by molar-refractivity contribution is -0.118. The lowest BCUT2D eigenvalue weighted by atomic mass is 10.1. The van der Waals surface area contributed by atoms with E-state index in [2.05, 4.69) is 4.98 Å². The molecule has 0 spiro atoms. The Morgan fingerprint density at radius 1 is 1.16 bits per heavy atom. The van der Waals surface area contributed by atoms with Crippen molar-refractivity contribution in [2.24, 2.45) is 5.73 Å². The maximum absolute atomic E-state index is 13.4. The van der Waals surface area contributed by atoms with Gasteiger partial charge in [-0.05, 0) is 68.3 Å². The number of aromatic nitrogens is 1. The summed E-state index contributed by atoms with van der Waals surface area (Å²) in [5, 5.41) is 0.312. The van der Waals surface area contributed by atoms with Gasteiger partial charge in [-0.3, -0.25) is 9.59 Å². The van der Waals surface area contributed by atoms with Crippen LogP contribution in [0.1, 0.15) is 35.0 Å². The first-order valence-corrected chi connectivity index (χ1v) is 10.6. The number of nitrogens with zero attached hydrogens (tertiary/aromatic N) is 2. The summed E-state index contributed by atoms with van der Waals surface area (Å²) in [6.45, 7) is 1.60. The van der Waals surface area contributed by atoms with Gasteiger partial charge in [0.15, 0.2) is 5.13 Å². The molecule has 1 atom stereocenters. The molecule has 0 saturated heterocycles. The van der Waals surface area contributed by atoms with E-state index in [0.29, 0.717) is 16.4 Å². The van der Waals surface area contributed by atoms with Crippen LogP contribution in [0.2, 0.25) is 0 Å². The Bertz CT molecular complexity index is 1110. The van der Waals surface area contributed by atoms with Crippen LogP contribution in [-0.2, 0) is 4.79 Å². The molecular weight excluding hydrogens is 419 g/mol. The van der Waals surface area contributed by atoms with Crippen molar-refractivity contribution in [2.45, 2.75) is 31.9 Å². The predicted octanol–water partition coefficient (Wildman–Crippen LogP) is 3.65. The first-order valence-electron chi connectivity index (χ1n) is 9.75. The molecule has 1 aromatic heterocycles. The zero-order chi connectivity index (χ0) is 22.1. The second kappa shape index (κ2) is 8.35. The number of nitrogen functional groups attached to an aromatic ring is 1. The molecule has 1 aliphatic carbocycles. The third-order valence-corrected chi connectivity index (χ3v) is 5.97. The average Bonchev–Trinajstić information content (AvgIpc) is 3.49. The van der Waals surface area contributed by atoms with Gasteiger partial charge >= 0.3 is 0 Å². The number of hydrogen-bond donors (Lipinski definition) is 2. The molecule has 160 valence electrons. The van der Waals surface area contributed by atoms with Crippen molar-refractivity contribution in [2.75, 3.05) is 10.6 Å². The Morgan fingerprint density at radius 3 is 2.39 bits per heavy atom. The van der Waals surface area contributed by atoms with E-state index in [-0.39, 0.29) is 22.6 Å². The number of primary amides is 1. The number of carbonyl (C=O) groups excluding carboxylic acids is 2. The van der Waals surface area contributed by atoms with Gasteiger partial charge in [-0.25, -0.2) is 9.37 Å². The van der Waals surface area contributed by atoms with Crippen LogP contribution in [-0.4, -0.2) is 28.8 Å². The van der Waals surface area contributed by atoms with Gasteiger partial charge < -0.3 is 21.1 Å².